The normalized spacial score (nSPS) is 15.6. The van der Waals surface area contributed by atoms with Gasteiger partial charge in [-0.25, -0.2) is 4.98 Å². The van der Waals surface area contributed by atoms with Crippen LogP contribution in [0.2, 0.25) is 0 Å². The molecule has 1 saturated heterocycles. The van der Waals surface area contributed by atoms with E-state index in [1.54, 1.807) is 12.4 Å². The fraction of sp³-hybridized carbons (Fsp3) is 0.333. The van der Waals surface area contributed by atoms with Gasteiger partial charge in [-0.2, -0.15) is 5.26 Å². The predicted molar refractivity (Wildman–Crippen MR) is 137 cm³/mol. The topological polar surface area (TPSA) is 125 Å². The molecule has 1 aromatic carbocycles. The van der Waals surface area contributed by atoms with Crippen molar-refractivity contribution in [3.63, 3.8) is 0 Å². The standard InChI is InChI=1S/C27H28N8O/c1-17-24(33-22(15-31-17)19-10-12-30-23(13-19)27(2,3)16-28)26-35-34-25(36-26)18-6-8-20(9-7-18)32-14-21-5-4-11-29-21/h6-10,12-13,15,21,29,32H,4-5,11,14H2,1-3H3. The molecule has 4 aromatic rings. The summed E-state index contributed by atoms with van der Waals surface area (Å²) >= 11 is 0. The Morgan fingerprint density at radius 1 is 1.11 bits per heavy atom. The van der Waals surface area contributed by atoms with Crippen molar-refractivity contribution in [1.29, 1.82) is 5.26 Å². The fourth-order valence-electron chi connectivity index (χ4n) is 4.12. The number of nitrogens with zero attached hydrogens (tertiary/aromatic N) is 6. The van der Waals surface area contributed by atoms with E-state index in [1.165, 1.54) is 12.8 Å². The van der Waals surface area contributed by atoms with Crippen LogP contribution in [0.15, 0.2) is 53.2 Å². The van der Waals surface area contributed by atoms with Gasteiger partial charge in [0.1, 0.15) is 5.69 Å². The molecule has 4 heterocycles. The first-order valence-electron chi connectivity index (χ1n) is 12.1. The molecule has 2 N–H and O–H groups in total. The summed E-state index contributed by atoms with van der Waals surface area (Å²) in [6.07, 6.45) is 5.82. The molecule has 1 unspecified atom stereocenters. The summed E-state index contributed by atoms with van der Waals surface area (Å²) in [5, 5.41) is 24.9. The first kappa shape index (κ1) is 23.6. The monoisotopic (exact) mass is 480 g/mol. The van der Waals surface area contributed by atoms with Crippen LogP contribution >= 0.6 is 0 Å². The lowest BCUT2D eigenvalue weighted by atomic mass is 9.90. The van der Waals surface area contributed by atoms with Crippen LogP contribution in [0.4, 0.5) is 5.69 Å². The maximum absolute atomic E-state index is 9.47. The summed E-state index contributed by atoms with van der Waals surface area (Å²) in [6, 6.07) is 14.5. The van der Waals surface area contributed by atoms with Gasteiger partial charge in [-0.15, -0.1) is 10.2 Å². The molecule has 0 bridgehead atoms. The molecule has 1 fully saturated rings. The first-order valence-corrected chi connectivity index (χ1v) is 12.1. The van der Waals surface area contributed by atoms with Crippen LogP contribution in [-0.4, -0.2) is 44.3 Å². The van der Waals surface area contributed by atoms with Gasteiger partial charge in [0.05, 0.1) is 34.8 Å². The van der Waals surface area contributed by atoms with Crippen molar-refractivity contribution >= 4 is 5.69 Å². The fourth-order valence-corrected chi connectivity index (χ4v) is 4.12. The van der Waals surface area contributed by atoms with E-state index in [0.29, 0.717) is 40.6 Å². The Kier molecular flexibility index (Phi) is 6.44. The van der Waals surface area contributed by atoms with Gasteiger partial charge in [0.15, 0.2) is 0 Å². The quantitative estimate of drug-likeness (QED) is 0.392. The lowest BCUT2D eigenvalue weighted by molar-refractivity contribution is 0.581. The number of pyridine rings is 1. The van der Waals surface area contributed by atoms with Crippen molar-refractivity contribution in [2.24, 2.45) is 0 Å². The Morgan fingerprint density at radius 2 is 1.92 bits per heavy atom. The average molecular weight is 481 g/mol. The summed E-state index contributed by atoms with van der Waals surface area (Å²) in [6.45, 7) is 7.53. The van der Waals surface area contributed by atoms with Gasteiger partial charge < -0.3 is 15.1 Å². The number of hydrogen-bond donors (Lipinski definition) is 2. The predicted octanol–water partition coefficient (Wildman–Crippen LogP) is 4.53. The Labute approximate surface area is 210 Å². The SMILES string of the molecule is Cc1ncc(-c2ccnc(C(C)(C)C#N)c2)nc1-c1nnc(-c2ccc(NCC3CCCN3)cc2)o1. The smallest absolute Gasteiger partial charge is 0.268 e. The summed E-state index contributed by atoms with van der Waals surface area (Å²) in [7, 11) is 0. The van der Waals surface area contributed by atoms with Crippen LogP contribution < -0.4 is 10.6 Å². The van der Waals surface area contributed by atoms with Gasteiger partial charge in [0.2, 0.25) is 5.89 Å². The van der Waals surface area contributed by atoms with Crippen molar-refractivity contribution in [2.75, 3.05) is 18.4 Å². The number of nitrogens with one attached hydrogen (secondary N) is 2. The molecule has 9 nitrogen and oxygen atoms in total. The van der Waals surface area contributed by atoms with E-state index in [9.17, 15) is 5.26 Å². The molecular weight excluding hydrogens is 452 g/mol. The van der Waals surface area contributed by atoms with E-state index in [1.807, 2.05) is 57.2 Å². The molecule has 0 aliphatic carbocycles. The van der Waals surface area contributed by atoms with Crippen LogP contribution in [0.25, 0.3) is 34.3 Å². The molecule has 1 aliphatic rings. The molecule has 5 rings (SSSR count). The maximum Gasteiger partial charge on any atom is 0.268 e. The molecule has 3 aromatic heterocycles. The van der Waals surface area contributed by atoms with Gasteiger partial charge in [-0.05, 0) is 76.6 Å². The Balaban J connectivity index is 1.36. The van der Waals surface area contributed by atoms with Crippen LogP contribution in [0, 0.1) is 18.3 Å². The van der Waals surface area contributed by atoms with E-state index in [0.717, 1.165) is 29.9 Å². The molecule has 36 heavy (non-hydrogen) atoms. The van der Waals surface area contributed by atoms with Crippen molar-refractivity contribution in [3.8, 4) is 40.4 Å². The van der Waals surface area contributed by atoms with Gasteiger partial charge in [0, 0.05) is 35.6 Å². The number of aromatic nitrogens is 5. The minimum Gasteiger partial charge on any atom is -0.415 e. The van der Waals surface area contributed by atoms with Crippen LogP contribution in [0.1, 0.15) is 38.1 Å². The average Bonchev–Trinajstić information content (AvgIpc) is 3.61. The number of nitriles is 1. The minimum atomic E-state index is -0.711. The molecule has 0 amide bonds. The summed E-state index contributed by atoms with van der Waals surface area (Å²) < 4.78 is 5.99. The lowest BCUT2D eigenvalue weighted by Crippen LogP contribution is -2.29. The molecule has 1 atom stereocenters. The number of aryl methyl sites for hydroxylation is 1. The molecular formula is C27H28N8O. The van der Waals surface area contributed by atoms with Crippen molar-refractivity contribution in [3.05, 3.63) is 60.2 Å². The zero-order valence-corrected chi connectivity index (χ0v) is 20.6. The number of anilines is 1. The zero-order chi connectivity index (χ0) is 25.1. The molecule has 182 valence electrons. The Bertz CT molecular complexity index is 1400. The van der Waals surface area contributed by atoms with Gasteiger partial charge in [0.25, 0.3) is 5.89 Å². The van der Waals surface area contributed by atoms with Crippen LogP contribution in [0.3, 0.4) is 0 Å². The van der Waals surface area contributed by atoms with E-state index >= 15 is 0 Å². The van der Waals surface area contributed by atoms with E-state index in [4.69, 9.17) is 9.40 Å². The molecule has 0 saturated carbocycles. The van der Waals surface area contributed by atoms with Crippen LogP contribution in [-0.2, 0) is 5.41 Å². The molecule has 0 spiro atoms. The lowest BCUT2D eigenvalue weighted by Gasteiger charge is -2.15. The van der Waals surface area contributed by atoms with Crippen molar-refractivity contribution in [2.45, 2.75) is 45.1 Å². The second-order valence-electron chi connectivity index (χ2n) is 9.52. The minimum absolute atomic E-state index is 0.304. The van der Waals surface area contributed by atoms with E-state index in [-0.39, 0.29) is 0 Å². The third-order valence-electron chi connectivity index (χ3n) is 6.41. The molecule has 0 radical (unpaired) electrons. The second kappa shape index (κ2) is 9.84. The third-order valence-corrected chi connectivity index (χ3v) is 6.41. The molecule has 1 aliphatic heterocycles. The zero-order valence-electron chi connectivity index (χ0n) is 20.6. The first-order chi connectivity index (χ1) is 17.4. The van der Waals surface area contributed by atoms with E-state index < -0.39 is 5.41 Å². The highest BCUT2D eigenvalue weighted by Crippen LogP contribution is 2.29. The highest BCUT2D eigenvalue weighted by Gasteiger charge is 2.23. The Hall–Kier alpha value is -4.16. The van der Waals surface area contributed by atoms with Crippen LogP contribution in [0.5, 0.6) is 0 Å². The molecule has 9 heteroatoms. The maximum atomic E-state index is 9.47. The van der Waals surface area contributed by atoms with Crippen molar-refractivity contribution in [1.82, 2.24) is 30.5 Å². The number of rotatable bonds is 7. The van der Waals surface area contributed by atoms with Gasteiger partial charge >= 0.3 is 0 Å². The van der Waals surface area contributed by atoms with Gasteiger partial charge in [-0.3, -0.25) is 9.97 Å². The third kappa shape index (κ3) is 4.95. The van der Waals surface area contributed by atoms with Gasteiger partial charge in [-0.1, -0.05) is 0 Å². The van der Waals surface area contributed by atoms with Crippen molar-refractivity contribution < 1.29 is 4.42 Å². The van der Waals surface area contributed by atoms with E-state index in [2.05, 4.69) is 36.9 Å². The number of benzene rings is 1. The highest BCUT2D eigenvalue weighted by atomic mass is 16.4. The summed E-state index contributed by atoms with van der Waals surface area (Å²) in [4.78, 5) is 13.6. The largest absolute Gasteiger partial charge is 0.415 e. The second-order valence-corrected chi connectivity index (χ2v) is 9.52. The summed E-state index contributed by atoms with van der Waals surface area (Å²) in [5.41, 5.74) is 4.50. The Morgan fingerprint density at radius 3 is 2.67 bits per heavy atom. The number of hydrogen-bond acceptors (Lipinski definition) is 9. The summed E-state index contributed by atoms with van der Waals surface area (Å²) in [5.74, 6) is 0.723. The highest BCUT2D eigenvalue weighted by molar-refractivity contribution is 5.64.